The Labute approximate surface area is 103 Å². The molecule has 8 heteroatoms. The molecule has 3 fully saturated rings. The summed E-state index contributed by atoms with van der Waals surface area (Å²) in [4.78, 5) is 25.6. The molecular weight excluding hydrogens is 244 g/mol. The van der Waals surface area contributed by atoms with Gasteiger partial charge < -0.3 is 29.5 Å². The van der Waals surface area contributed by atoms with Crippen molar-refractivity contribution < 1.29 is 29.3 Å². The van der Waals surface area contributed by atoms with Crippen molar-refractivity contribution >= 4 is 12.2 Å². The molecule has 18 heavy (non-hydrogen) atoms. The molecule has 1 saturated carbocycles. The molecule has 100 valence electrons. The Morgan fingerprint density at radius 1 is 0.889 bits per heavy atom. The number of carbonyl (C=O) groups excluding carboxylic acids is 2. The number of nitrogens with zero attached hydrogens (tertiary/aromatic N) is 2. The zero-order valence-electron chi connectivity index (χ0n) is 9.89. The first-order valence-electron chi connectivity index (χ1n) is 5.66. The molecule has 2 amide bonds. The highest BCUT2D eigenvalue weighted by atomic mass is 16.6. The number of likely N-dealkylation sites (N-methyl/N-ethyl adjacent to an activating group) is 2. The van der Waals surface area contributed by atoms with Crippen LogP contribution in [0.2, 0.25) is 0 Å². The lowest BCUT2D eigenvalue weighted by Crippen LogP contribution is -2.65. The summed E-state index contributed by atoms with van der Waals surface area (Å²) in [6, 6.07) is -1.25. The van der Waals surface area contributed by atoms with Gasteiger partial charge in [0.05, 0.1) is 0 Å². The van der Waals surface area contributed by atoms with E-state index in [1.165, 1.54) is 23.9 Å². The third-order valence-electron chi connectivity index (χ3n) is 3.99. The predicted molar refractivity (Wildman–Crippen MR) is 55.7 cm³/mol. The second-order valence-electron chi connectivity index (χ2n) is 4.88. The minimum atomic E-state index is -1.23. The van der Waals surface area contributed by atoms with E-state index in [1.807, 2.05) is 0 Å². The van der Waals surface area contributed by atoms with E-state index in [0.717, 1.165) is 0 Å². The standard InChI is InChI=1S/C10H14N2O6/c1-11-3-5(13)6(14)8-4(7(3)17-9(11)15)12(2)10(16)18-8/h3-8,13-14H,1-2H3. The van der Waals surface area contributed by atoms with E-state index in [4.69, 9.17) is 9.47 Å². The van der Waals surface area contributed by atoms with Crippen molar-refractivity contribution in [3.63, 3.8) is 0 Å². The molecule has 2 saturated heterocycles. The smallest absolute Gasteiger partial charge is 0.410 e. The van der Waals surface area contributed by atoms with Gasteiger partial charge in [-0.05, 0) is 0 Å². The molecule has 2 aliphatic heterocycles. The number of ether oxygens (including phenoxy) is 2. The fourth-order valence-corrected chi connectivity index (χ4v) is 2.99. The lowest BCUT2D eigenvalue weighted by Gasteiger charge is -2.41. The van der Waals surface area contributed by atoms with E-state index in [1.54, 1.807) is 0 Å². The molecule has 3 rings (SSSR count). The average Bonchev–Trinajstić information content (AvgIpc) is 2.77. The summed E-state index contributed by atoms with van der Waals surface area (Å²) in [6.45, 7) is 0. The Kier molecular flexibility index (Phi) is 2.23. The number of fused-ring (bicyclic) bond motifs is 3. The van der Waals surface area contributed by atoms with E-state index in [2.05, 4.69) is 0 Å². The van der Waals surface area contributed by atoms with Gasteiger partial charge in [0.2, 0.25) is 0 Å². The Bertz CT molecular complexity index is 415. The van der Waals surface area contributed by atoms with E-state index in [0.29, 0.717) is 0 Å². The monoisotopic (exact) mass is 258 g/mol. The molecule has 0 spiro atoms. The van der Waals surface area contributed by atoms with Crippen LogP contribution >= 0.6 is 0 Å². The Morgan fingerprint density at radius 3 is 2.00 bits per heavy atom. The number of aliphatic hydroxyl groups excluding tert-OH is 2. The fraction of sp³-hybridized carbons (Fsp3) is 0.800. The fourth-order valence-electron chi connectivity index (χ4n) is 2.99. The number of rotatable bonds is 0. The average molecular weight is 258 g/mol. The second kappa shape index (κ2) is 3.48. The number of hydrogen-bond donors (Lipinski definition) is 2. The molecule has 2 heterocycles. The summed E-state index contributed by atoms with van der Waals surface area (Å²) in [5.74, 6) is 0. The summed E-state index contributed by atoms with van der Waals surface area (Å²) in [5.41, 5.74) is 0. The van der Waals surface area contributed by atoms with Gasteiger partial charge in [0.1, 0.15) is 24.3 Å². The van der Waals surface area contributed by atoms with Crippen LogP contribution in [0.25, 0.3) is 0 Å². The summed E-state index contributed by atoms with van der Waals surface area (Å²) in [7, 11) is 3.00. The number of amides is 2. The Balaban J connectivity index is 2.00. The van der Waals surface area contributed by atoms with Gasteiger partial charge in [0.15, 0.2) is 12.2 Å². The van der Waals surface area contributed by atoms with Crippen LogP contribution in [0.4, 0.5) is 9.59 Å². The molecule has 0 radical (unpaired) electrons. The van der Waals surface area contributed by atoms with Gasteiger partial charge in [-0.1, -0.05) is 0 Å². The van der Waals surface area contributed by atoms with Crippen LogP contribution in [0, 0.1) is 0 Å². The SMILES string of the molecule is CN1C(=O)OC2C1C(O)C(O)C1OC(=O)N(C)C12. The molecule has 6 atom stereocenters. The third kappa shape index (κ3) is 1.21. The quantitative estimate of drug-likeness (QED) is 0.540. The topological polar surface area (TPSA) is 99.5 Å². The van der Waals surface area contributed by atoms with Crippen LogP contribution in [-0.2, 0) is 9.47 Å². The van der Waals surface area contributed by atoms with Crippen molar-refractivity contribution in [1.82, 2.24) is 9.80 Å². The Hall–Kier alpha value is -1.54. The molecule has 1 aliphatic carbocycles. The van der Waals surface area contributed by atoms with Crippen molar-refractivity contribution in [2.75, 3.05) is 14.1 Å². The molecule has 0 aromatic carbocycles. The van der Waals surface area contributed by atoms with E-state index in [-0.39, 0.29) is 0 Å². The minimum Gasteiger partial charge on any atom is -0.441 e. The van der Waals surface area contributed by atoms with E-state index < -0.39 is 48.7 Å². The second-order valence-corrected chi connectivity index (χ2v) is 4.88. The molecular formula is C10H14N2O6. The summed E-state index contributed by atoms with van der Waals surface area (Å²) < 4.78 is 10.2. The highest BCUT2D eigenvalue weighted by molar-refractivity contribution is 5.73. The lowest BCUT2D eigenvalue weighted by atomic mass is 9.81. The molecule has 6 unspecified atom stereocenters. The van der Waals surface area contributed by atoms with Crippen molar-refractivity contribution in [3.05, 3.63) is 0 Å². The molecule has 0 aromatic heterocycles. The van der Waals surface area contributed by atoms with Crippen LogP contribution in [0.15, 0.2) is 0 Å². The Morgan fingerprint density at radius 2 is 1.39 bits per heavy atom. The van der Waals surface area contributed by atoms with E-state index in [9.17, 15) is 19.8 Å². The van der Waals surface area contributed by atoms with Crippen molar-refractivity contribution in [2.45, 2.75) is 36.5 Å². The first-order chi connectivity index (χ1) is 8.43. The van der Waals surface area contributed by atoms with Crippen LogP contribution in [0.3, 0.4) is 0 Å². The zero-order valence-corrected chi connectivity index (χ0v) is 9.89. The molecule has 2 N–H and O–H groups in total. The van der Waals surface area contributed by atoms with Crippen LogP contribution < -0.4 is 0 Å². The van der Waals surface area contributed by atoms with Gasteiger partial charge >= 0.3 is 12.2 Å². The van der Waals surface area contributed by atoms with Gasteiger partial charge in [0.25, 0.3) is 0 Å². The largest absolute Gasteiger partial charge is 0.441 e. The molecule has 0 bridgehead atoms. The van der Waals surface area contributed by atoms with Crippen LogP contribution in [0.1, 0.15) is 0 Å². The minimum absolute atomic E-state index is 0.574. The number of carbonyl (C=O) groups is 2. The summed E-state index contributed by atoms with van der Waals surface area (Å²) in [5, 5.41) is 20.0. The van der Waals surface area contributed by atoms with E-state index >= 15 is 0 Å². The first kappa shape index (κ1) is 11.5. The van der Waals surface area contributed by atoms with Gasteiger partial charge in [0, 0.05) is 14.1 Å². The van der Waals surface area contributed by atoms with Crippen LogP contribution in [-0.4, -0.2) is 82.8 Å². The maximum absolute atomic E-state index is 11.5. The lowest BCUT2D eigenvalue weighted by molar-refractivity contribution is -0.129. The maximum Gasteiger partial charge on any atom is 0.410 e. The molecule has 0 aromatic rings. The summed E-state index contributed by atoms with van der Waals surface area (Å²) in [6.07, 6.45) is -5.18. The first-order valence-corrected chi connectivity index (χ1v) is 5.66. The predicted octanol–water partition coefficient (Wildman–Crippen LogP) is -1.64. The highest BCUT2D eigenvalue weighted by Gasteiger charge is 2.63. The van der Waals surface area contributed by atoms with Crippen molar-refractivity contribution in [1.29, 1.82) is 0 Å². The summed E-state index contributed by atoms with van der Waals surface area (Å²) >= 11 is 0. The van der Waals surface area contributed by atoms with Gasteiger partial charge in [-0.25, -0.2) is 9.59 Å². The maximum atomic E-state index is 11.5. The molecule has 8 nitrogen and oxygen atoms in total. The number of hydrogen-bond acceptors (Lipinski definition) is 6. The van der Waals surface area contributed by atoms with Gasteiger partial charge in [-0.3, -0.25) is 0 Å². The zero-order chi connectivity index (χ0) is 13.2. The third-order valence-corrected chi connectivity index (χ3v) is 3.99. The van der Waals surface area contributed by atoms with Crippen molar-refractivity contribution in [3.8, 4) is 0 Å². The number of aliphatic hydroxyl groups is 2. The molecule has 3 aliphatic rings. The van der Waals surface area contributed by atoms with Gasteiger partial charge in [-0.15, -0.1) is 0 Å². The van der Waals surface area contributed by atoms with Gasteiger partial charge in [-0.2, -0.15) is 0 Å². The normalized spacial score (nSPS) is 46.7. The van der Waals surface area contributed by atoms with Crippen molar-refractivity contribution in [2.24, 2.45) is 0 Å². The highest BCUT2D eigenvalue weighted by Crippen LogP contribution is 2.38. The van der Waals surface area contributed by atoms with Crippen LogP contribution in [0.5, 0.6) is 0 Å².